The van der Waals surface area contributed by atoms with Gasteiger partial charge in [-0.3, -0.25) is 5.41 Å². The Morgan fingerprint density at radius 2 is 2.17 bits per heavy atom. The van der Waals surface area contributed by atoms with Crippen molar-refractivity contribution in [3.8, 4) is 0 Å². The van der Waals surface area contributed by atoms with E-state index in [2.05, 4.69) is 4.98 Å². The third-order valence-electron chi connectivity index (χ3n) is 2.52. The van der Waals surface area contributed by atoms with E-state index < -0.39 is 0 Å². The number of nitrogens with zero attached hydrogens (tertiary/aromatic N) is 1. The number of aliphatic hydroxyl groups is 1. The summed E-state index contributed by atoms with van der Waals surface area (Å²) in [6.45, 7) is 0.163. The lowest BCUT2D eigenvalue weighted by atomic mass is 10.1. The van der Waals surface area contributed by atoms with Crippen molar-refractivity contribution in [1.82, 2.24) is 4.98 Å². The molecule has 0 spiro atoms. The lowest BCUT2D eigenvalue weighted by Crippen LogP contribution is -2.13. The van der Waals surface area contributed by atoms with Gasteiger partial charge in [-0.1, -0.05) is 18.2 Å². The van der Waals surface area contributed by atoms with Crippen LogP contribution in [0.2, 0.25) is 0 Å². The molecule has 0 radical (unpaired) electrons. The molecule has 4 N–H and O–H groups in total. The number of aromatic nitrogens is 1. The second-order valence-corrected chi connectivity index (χ2v) is 4.96. The summed E-state index contributed by atoms with van der Waals surface area (Å²) in [7, 11) is 0. The third-order valence-corrected chi connectivity index (χ3v) is 3.60. The summed E-state index contributed by atoms with van der Waals surface area (Å²) >= 11 is 1.52. The van der Waals surface area contributed by atoms with Gasteiger partial charge in [-0.2, -0.15) is 0 Å². The van der Waals surface area contributed by atoms with Crippen LogP contribution in [0.25, 0.3) is 10.9 Å². The number of para-hydroxylation sites is 1. The summed E-state index contributed by atoms with van der Waals surface area (Å²) in [5.74, 6) is 0.794. The molecule has 1 aromatic carbocycles. The van der Waals surface area contributed by atoms with E-state index in [4.69, 9.17) is 16.2 Å². The average Bonchev–Trinajstić information content (AvgIpc) is 2.38. The molecule has 0 saturated heterocycles. The summed E-state index contributed by atoms with van der Waals surface area (Å²) in [4.78, 5) is 4.53. The van der Waals surface area contributed by atoms with E-state index >= 15 is 0 Å². The number of nitrogens with two attached hydrogens (primary N) is 1. The number of pyridine rings is 1. The van der Waals surface area contributed by atoms with Gasteiger partial charge in [0, 0.05) is 23.3 Å². The molecule has 0 aliphatic rings. The van der Waals surface area contributed by atoms with E-state index in [-0.39, 0.29) is 12.4 Å². The molecular formula is C13H15N3OS. The molecule has 2 aromatic rings. The van der Waals surface area contributed by atoms with Crippen LogP contribution in [-0.4, -0.2) is 28.3 Å². The highest BCUT2D eigenvalue weighted by molar-refractivity contribution is 7.99. The highest BCUT2D eigenvalue weighted by Crippen LogP contribution is 2.25. The minimum atomic E-state index is 0.0275. The Morgan fingerprint density at radius 1 is 1.39 bits per heavy atom. The molecule has 4 nitrogen and oxygen atoms in total. The number of amidine groups is 1. The van der Waals surface area contributed by atoms with Crippen molar-refractivity contribution < 1.29 is 5.11 Å². The molecule has 0 bridgehead atoms. The lowest BCUT2D eigenvalue weighted by Gasteiger charge is -2.08. The largest absolute Gasteiger partial charge is 0.396 e. The van der Waals surface area contributed by atoms with Crippen molar-refractivity contribution in [2.75, 3.05) is 12.4 Å². The Hall–Kier alpha value is -1.59. The van der Waals surface area contributed by atoms with Gasteiger partial charge >= 0.3 is 0 Å². The molecule has 94 valence electrons. The maximum absolute atomic E-state index is 8.79. The molecule has 0 saturated carbocycles. The van der Waals surface area contributed by atoms with Crippen LogP contribution in [0.5, 0.6) is 0 Å². The van der Waals surface area contributed by atoms with E-state index in [0.29, 0.717) is 12.0 Å². The van der Waals surface area contributed by atoms with Gasteiger partial charge in [0.1, 0.15) is 10.9 Å². The second-order valence-electron chi connectivity index (χ2n) is 3.87. The maximum Gasteiger partial charge on any atom is 0.125 e. The summed E-state index contributed by atoms with van der Waals surface area (Å²) in [5.41, 5.74) is 7.15. The van der Waals surface area contributed by atoms with Crippen molar-refractivity contribution in [3.63, 3.8) is 0 Å². The van der Waals surface area contributed by atoms with Crippen molar-refractivity contribution in [1.29, 1.82) is 5.41 Å². The predicted octanol–water partition coefficient (Wildman–Crippen LogP) is 1.99. The Morgan fingerprint density at radius 3 is 2.89 bits per heavy atom. The summed E-state index contributed by atoms with van der Waals surface area (Å²) in [6, 6.07) is 9.66. The van der Waals surface area contributed by atoms with E-state index in [1.165, 1.54) is 11.8 Å². The van der Waals surface area contributed by atoms with E-state index in [1.807, 2.05) is 30.3 Å². The zero-order valence-corrected chi connectivity index (χ0v) is 10.7. The molecular weight excluding hydrogens is 246 g/mol. The van der Waals surface area contributed by atoms with Crippen LogP contribution in [0, 0.1) is 5.41 Å². The van der Waals surface area contributed by atoms with Gasteiger partial charge in [-0.25, -0.2) is 4.98 Å². The Balaban J connectivity index is 2.41. The fourth-order valence-electron chi connectivity index (χ4n) is 1.63. The van der Waals surface area contributed by atoms with Crippen molar-refractivity contribution in [2.24, 2.45) is 5.73 Å². The normalized spacial score (nSPS) is 10.7. The number of hydrogen-bond donors (Lipinski definition) is 3. The molecule has 1 aromatic heterocycles. The molecule has 5 heteroatoms. The molecule has 2 rings (SSSR count). The number of nitrogens with one attached hydrogen (secondary N) is 1. The van der Waals surface area contributed by atoms with Gasteiger partial charge in [-0.05, 0) is 18.6 Å². The van der Waals surface area contributed by atoms with E-state index in [9.17, 15) is 0 Å². The van der Waals surface area contributed by atoms with Gasteiger partial charge in [-0.15, -0.1) is 11.8 Å². The smallest absolute Gasteiger partial charge is 0.125 e. The Labute approximate surface area is 110 Å². The fourth-order valence-corrected chi connectivity index (χ4v) is 2.59. The van der Waals surface area contributed by atoms with Crippen molar-refractivity contribution in [2.45, 2.75) is 11.4 Å². The van der Waals surface area contributed by atoms with Crippen LogP contribution in [0.1, 0.15) is 12.0 Å². The van der Waals surface area contributed by atoms with Crippen LogP contribution in [-0.2, 0) is 0 Å². The first-order valence-corrected chi connectivity index (χ1v) is 6.69. The highest BCUT2D eigenvalue weighted by atomic mass is 32.2. The number of benzene rings is 1. The average molecular weight is 261 g/mol. The van der Waals surface area contributed by atoms with Crippen LogP contribution >= 0.6 is 11.8 Å². The van der Waals surface area contributed by atoms with Gasteiger partial charge in [0.15, 0.2) is 0 Å². The third kappa shape index (κ3) is 2.80. The van der Waals surface area contributed by atoms with Crippen molar-refractivity contribution >= 4 is 28.5 Å². The first-order valence-electron chi connectivity index (χ1n) is 5.70. The molecule has 0 amide bonds. The molecule has 1 heterocycles. The van der Waals surface area contributed by atoms with Gasteiger partial charge < -0.3 is 10.8 Å². The quantitative estimate of drug-likeness (QED) is 0.333. The summed E-state index contributed by atoms with van der Waals surface area (Å²) in [6.07, 6.45) is 0.705. The first-order chi connectivity index (χ1) is 8.72. The van der Waals surface area contributed by atoms with E-state index in [0.717, 1.165) is 21.7 Å². The number of thioether (sulfide) groups is 1. The standard InChI is InChI=1S/C13H15N3OS/c14-12(15)10-8-9-4-1-2-5-11(9)16-13(10)18-7-3-6-17/h1-2,4-5,8,17H,3,6-7H2,(H3,14,15). The SMILES string of the molecule is N=C(N)c1cc2ccccc2nc1SCCCO. The predicted molar refractivity (Wildman–Crippen MR) is 75.2 cm³/mol. The number of nitrogen functional groups attached to an aromatic ring is 1. The van der Waals surface area contributed by atoms with Crippen LogP contribution in [0.4, 0.5) is 0 Å². The Bertz CT molecular complexity index is 571. The lowest BCUT2D eigenvalue weighted by molar-refractivity contribution is 0.296. The monoisotopic (exact) mass is 261 g/mol. The van der Waals surface area contributed by atoms with Crippen molar-refractivity contribution in [3.05, 3.63) is 35.9 Å². The highest BCUT2D eigenvalue weighted by Gasteiger charge is 2.09. The van der Waals surface area contributed by atoms with Gasteiger partial charge in [0.25, 0.3) is 0 Å². The number of rotatable bonds is 5. The molecule has 0 aliphatic heterocycles. The number of aliphatic hydroxyl groups excluding tert-OH is 1. The Kier molecular flexibility index (Phi) is 4.17. The number of fused-ring (bicyclic) bond motifs is 1. The molecule has 18 heavy (non-hydrogen) atoms. The first kappa shape index (κ1) is 12.9. The summed E-state index contributed by atoms with van der Waals surface area (Å²) < 4.78 is 0. The van der Waals surface area contributed by atoms with Crippen LogP contribution < -0.4 is 5.73 Å². The molecule has 0 unspecified atom stereocenters. The van der Waals surface area contributed by atoms with Gasteiger partial charge in [0.2, 0.25) is 0 Å². The summed E-state index contributed by atoms with van der Waals surface area (Å²) in [5, 5.41) is 18.1. The minimum absolute atomic E-state index is 0.0275. The fraction of sp³-hybridized carbons (Fsp3) is 0.231. The molecule has 0 aliphatic carbocycles. The maximum atomic E-state index is 8.79. The minimum Gasteiger partial charge on any atom is -0.396 e. The van der Waals surface area contributed by atoms with E-state index in [1.54, 1.807) is 0 Å². The zero-order valence-electron chi connectivity index (χ0n) is 9.89. The van der Waals surface area contributed by atoms with Crippen LogP contribution in [0.15, 0.2) is 35.4 Å². The second kappa shape index (κ2) is 5.84. The topological polar surface area (TPSA) is 83.0 Å². The molecule has 0 atom stereocenters. The van der Waals surface area contributed by atoms with Gasteiger partial charge in [0.05, 0.1) is 5.52 Å². The zero-order chi connectivity index (χ0) is 13.0. The van der Waals surface area contributed by atoms with Crippen LogP contribution in [0.3, 0.4) is 0 Å². The molecule has 0 fully saturated rings. The number of hydrogen-bond acceptors (Lipinski definition) is 4.